The topological polar surface area (TPSA) is 38.8 Å². The fourth-order valence-corrected chi connectivity index (χ4v) is 2.99. The highest BCUT2D eigenvalue weighted by Crippen LogP contribution is 2.25. The van der Waals surface area contributed by atoms with Crippen LogP contribution in [0.5, 0.6) is 11.5 Å². The van der Waals surface area contributed by atoms with Crippen molar-refractivity contribution >= 4 is 12.2 Å². The molecule has 0 atom stereocenters. The predicted molar refractivity (Wildman–Crippen MR) is 108 cm³/mol. The lowest BCUT2D eigenvalue weighted by molar-refractivity contribution is 0.0237. The van der Waals surface area contributed by atoms with Gasteiger partial charge in [0.2, 0.25) is 0 Å². The Morgan fingerprint density at radius 1 is 1.04 bits per heavy atom. The van der Waals surface area contributed by atoms with Crippen molar-refractivity contribution in [3.8, 4) is 11.5 Å². The van der Waals surface area contributed by atoms with Crippen molar-refractivity contribution in [3.63, 3.8) is 0 Å². The van der Waals surface area contributed by atoms with Crippen LogP contribution in [0.4, 0.5) is 9.18 Å². The van der Waals surface area contributed by atoms with Crippen molar-refractivity contribution in [1.82, 2.24) is 4.90 Å². The number of ether oxygens (including phenoxy) is 2. The largest absolute Gasteiger partial charge is 0.457 e. The Balaban J connectivity index is 1.60. The van der Waals surface area contributed by atoms with Crippen LogP contribution in [0.25, 0.3) is 6.08 Å². The predicted octanol–water partition coefficient (Wildman–Crippen LogP) is 6.03. The summed E-state index contributed by atoms with van der Waals surface area (Å²) in [5.74, 6) is 1.01. The Labute approximate surface area is 165 Å². The smallest absolute Gasteiger partial charge is 0.410 e. The van der Waals surface area contributed by atoms with Gasteiger partial charge in [0, 0.05) is 13.1 Å². The molecule has 1 aliphatic heterocycles. The molecule has 1 aliphatic rings. The summed E-state index contributed by atoms with van der Waals surface area (Å²) in [6, 6.07) is 13.7. The third-order valence-corrected chi connectivity index (χ3v) is 4.34. The van der Waals surface area contributed by atoms with Crippen LogP contribution in [0.2, 0.25) is 0 Å². The zero-order chi connectivity index (χ0) is 20.1. The molecule has 1 fully saturated rings. The molecule has 0 unspecified atom stereocenters. The molecule has 5 heteroatoms. The molecule has 0 spiro atoms. The van der Waals surface area contributed by atoms with E-state index in [1.54, 1.807) is 17.0 Å². The Bertz CT molecular complexity index is 843. The Kier molecular flexibility index (Phi) is 6.02. The highest BCUT2D eigenvalue weighted by Gasteiger charge is 2.24. The van der Waals surface area contributed by atoms with Crippen molar-refractivity contribution in [1.29, 1.82) is 0 Å². The van der Waals surface area contributed by atoms with Crippen molar-refractivity contribution in [2.45, 2.75) is 39.2 Å². The van der Waals surface area contributed by atoms with Gasteiger partial charge in [-0.05, 0) is 75.6 Å². The van der Waals surface area contributed by atoms with Crippen LogP contribution >= 0.6 is 0 Å². The Hall–Kier alpha value is -2.82. The Morgan fingerprint density at radius 2 is 1.71 bits per heavy atom. The standard InChI is InChI=1S/C23H26FNO3/c1-23(2,3)28-22(26)25-13-11-17(12-14-25)15-18-5-4-6-21(16-18)27-20-9-7-19(24)8-10-20/h4-10,15-16H,11-14H2,1-3H3. The number of carbonyl (C=O) groups is 1. The summed E-state index contributed by atoms with van der Waals surface area (Å²) in [5.41, 5.74) is 1.86. The van der Waals surface area contributed by atoms with Crippen molar-refractivity contribution < 1.29 is 18.7 Å². The first-order valence-electron chi connectivity index (χ1n) is 9.49. The normalized spacial score (nSPS) is 14.6. The molecule has 0 bridgehead atoms. The van der Waals surface area contributed by atoms with Gasteiger partial charge in [0.25, 0.3) is 0 Å². The minimum atomic E-state index is -0.474. The number of hydrogen-bond donors (Lipinski definition) is 0. The molecule has 4 nitrogen and oxygen atoms in total. The molecule has 2 aromatic rings. The fourth-order valence-electron chi connectivity index (χ4n) is 2.99. The van der Waals surface area contributed by atoms with Crippen LogP contribution < -0.4 is 4.74 Å². The third kappa shape index (κ3) is 5.84. The lowest BCUT2D eigenvalue weighted by atomic mass is 10.0. The van der Waals surface area contributed by atoms with Gasteiger partial charge in [0.1, 0.15) is 22.9 Å². The summed E-state index contributed by atoms with van der Waals surface area (Å²) in [6.07, 6.45) is 3.54. The molecule has 28 heavy (non-hydrogen) atoms. The molecule has 0 radical (unpaired) electrons. The number of nitrogens with zero attached hydrogens (tertiary/aromatic N) is 1. The fraction of sp³-hybridized carbons (Fsp3) is 0.348. The second kappa shape index (κ2) is 8.46. The molecular formula is C23H26FNO3. The molecule has 148 valence electrons. The molecule has 3 rings (SSSR count). The first-order chi connectivity index (χ1) is 13.3. The molecule has 1 amide bonds. The number of amides is 1. The first-order valence-corrected chi connectivity index (χ1v) is 9.49. The van der Waals surface area contributed by atoms with E-state index in [-0.39, 0.29) is 11.9 Å². The van der Waals surface area contributed by atoms with Gasteiger partial charge in [-0.25, -0.2) is 9.18 Å². The summed E-state index contributed by atoms with van der Waals surface area (Å²) in [7, 11) is 0. The van der Waals surface area contributed by atoms with E-state index in [0.29, 0.717) is 24.6 Å². The van der Waals surface area contributed by atoms with Crippen LogP contribution in [0.3, 0.4) is 0 Å². The lowest BCUT2D eigenvalue weighted by Gasteiger charge is -2.31. The second-order valence-corrected chi connectivity index (χ2v) is 7.90. The molecule has 0 saturated carbocycles. The van der Waals surface area contributed by atoms with Gasteiger partial charge in [0.05, 0.1) is 0 Å². The number of benzene rings is 2. The van der Waals surface area contributed by atoms with E-state index in [1.165, 1.54) is 17.7 Å². The summed E-state index contributed by atoms with van der Waals surface area (Å²) in [4.78, 5) is 13.9. The van der Waals surface area contributed by atoms with Gasteiger partial charge >= 0.3 is 6.09 Å². The highest BCUT2D eigenvalue weighted by atomic mass is 19.1. The number of carbonyl (C=O) groups excluding carboxylic acids is 1. The van der Waals surface area contributed by atoms with E-state index < -0.39 is 5.60 Å². The van der Waals surface area contributed by atoms with Gasteiger partial charge in [-0.15, -0.1) is 0 Å². The van der Waals surface area contributed by atoms with E-state index in [1.807, 2.05) is 45.0 Å². The van der Waals surface area contributed by atoms with E-state index >= 15 is 0 Å². The monoisotopic (exact) mass is 383 g/mol. The van der Waals surface area contributed by atoms with Gasteiger partial charge in [-0.2, -0.15) is 0 Å². The van der Waals surface area contributed by atoms with Crippen LogP contribution in [0.15, 0.2) is 54.1 Å². The maximum atomic E-state index is 13.0. The zero-order valence-corrected chi connectivity index (χ0v) is 16.6. The summed E-state index contributed by atoms with van der Waals surface area (Å²) in [6.45, 7) is 6.95. The van der Waals surface area contributed by atoms with E-state index in [0.717, 1.165) is 18.4 Å². The quantitative estimate of drug-likeness (QED) is 0.649. The van der Waals surface area contributed by atoms with Crippen LogP contribution in [0, 0.1) is 5.82 Å². The van der Waals surface area contributed by atoms with Gasteiger partial charge in [0.15, 0.2) is 0 Å². The molecule has 0 aromatic heterocycles. The summed E-state index contributed by atoms with van der Waals surface area (Å²) < 4.78 is 24.2. The Morgan fingerprint density at radius 3 is 2.36 bits per heavy atom. The lowest BCUT2D eigenvalue weighted by Crippen LogP contribution is -2.40. The van der Waals surface area contributed by atoms with E-state index in [9.17, 15) is 9.18 Å². The maximum absolute atomic E-state index is 13.0. The minimum absolute atomic E-state index is 0.249. The molecule has 2 aromatic carbocycles. The minimum Gasteiger partial charge on any atom is -0.457 e. The van der Waals surface area contributed by atoms with Crippen molar-refractivity contribution in [2.75, 3.05) is 13.1 Å². The van der Waals surface area contributed by atoms with Crippen molar-refractivity contribution in [2.24, 2.45) is 0 Å². The van der Waals surface area contributed by atoms with E-state index in [2.05, 4.69) is 6.08 Å². The van der Waals surface area contributed by atoms with Crippen molar-refractivity contribution in [3.05, 3.63) is 65.5 Å². The highest BCUT2D eigenvalue weighted by molar-refractivity contribution is 5.68. The number of hydrogen-bond acceptors (Lipinski definition) is 3. The van der Waals surface area contributed by atoms with Crippen LogP contribution in [0.1, 0.15) is 39.2 Å². The number of piperidine rings is 1. The second-order valence-electron chi connectivity index (χ2n) is 7.90. The number of rotatable bonds is 3. The molecule has 1 heterocycles. The van der Waals surface area contributed by atoms with Gasteiger partial charge in [-0.3, -0.25) is 0 Å². The molecular weight excluding hydrogens is 357 g/mol. The van der Waals surface area contributed by atoms with Gasteiger partial charge < -0.3 is 14.4 Å². The van der Waals surface area contributed by atoms with E-state index in [4.69, 9.17) is 9.47 Å². The van der Waals surface area contributed by atoms with Crippen LogP contribution in [-0.2, 0) is 4.74 Å². The molecule has 0 aliphatic carbocycles. The SMILES string of the molecule is CC(C)(C)OC(=O)N1CCC(=Cc2cccc(Oc3ccc(F)cc3)c2)CC1. The molecule has 1 saturated heterocycles. The first kappa shape index (κ1) is 19.9. The third-order valence-electron chi connectivity index (χ3n) is 4.34. The zero-order valence-electron chi connectivity index (χ0n) is 16.6. The van der Waals surface area contributed by atoms with Gasteiger partial charge in [-0.1, -0.05) is 23.8 Å². The average Bonchev–Trinajstić information content (AvgIpc) is 2.63. The average molecular weight is 383 g/mol. The summed E-state index contributed by atoms with van der Waals surface area (Å²) in [5, 5.41) is 0. The molecule has 0 N–H and O–H groups in total. The summed E-state index contributed by atoms with van der Waals surface area (Å²) >= 11 is 0. The maximum Gasteiger partial charge on any atom is 0.410 e. The number of halogens is 1. The van der Waals surface area contributed by atoms with Crippen LogP contribution in [-0.4, -0.2) is 29.7 Å². The number of likely N-dealkylation sites (tertiary alicyclic amines) is 1.